The van der Waals surface area contributed by atoms with Gasteiger partial charge in [-0.15, -0.1) is 0 Å². The van der Waals surface area contributed by atoms with Gasteiger partial charge in [0.2, 0.25) is 0 Å². The first-order valence-electron chi connectivity index (χ1n) is 4.40. The van der Waals surface area contributed by atoms with Crippen LogP contribution < -0.4 is 5.32 Å². The zero-order valence-electron chi connectivity index (χ0n) is 8.30. The highest BCUT2D eigenvalue weighted by molar-refractivity contribution is 5.55. The van der Waals surface area contributed by atoms with Gasteiger partial charge in [-0.3, -0.25) is 10.1 Å². The van der Waals surface area contributed by atoms with Gasteiger partial charge in [-0.25, -0.2) is 4.99 Å². The summed E-state index contributed by atoms with van der Waals surface area (Å²) in [4.78, 5) is 15.4. The van der Waals surface area contributed by atoms with Crippen LogP contribution in [0.3, 0.4) is 0 Å². The highest BCUT2D eigenvalue weighted by Crippen LogP contribution is 2.20. The number of rotatable bonds is 5. The first-order valence-corrected chi connectivity index (χ1v) is 4.40. The van der Waals surface area contributed by atoms with Gasteiger partial charge in [0.1, 0.15) is 0 Å². The van der Waals surface area contributed by atoms with Crippen molar-refractivity contribution in [2.24, 2.45) is 4.99 Å². The van der Waals surface area contributed by atoms with Gasteiger partial charge in [0.15, 0.2) is 5.82 Å². The maximum Gasteiger partial charge on any atom is 0.276 e. The van der Waals surface area contributed by atoms with Crippen LogP contribution in [0.25, 0.3) is 0 Å². The van der Waals surface area contributed by atoms with Crippen LogP contribution in [0.4, 0.5) is 0 Å². The Kier molecular flexibility index (Phi) is 3.44. The lowest BCUT2D eigenvalue weighted by molar-refractivity contribution is -0.403. The summed E-state index contributed by atoms with van der Waals surface area (Å²) in [6.45, 7) is 0. The van der Waals surface area contributed by atoms with Crippen molar-refractivity contribution in [3.8, 4) is 0 Å². The van der Waals surface area contributed by atoms with E-state index in [1.807, 2.05) is 14.1 Å². The van der Waals surface area contributed by atoms with Crippen LogP contribution in [0, 0.1) is 10.1 Å². The van der Waals surface area contributed by atoms with Crippen molar-refractivity contribution in [3.05, 3.63) is 22.1 Å². The van der Waals surface area contributed by atoms with E-state index in [-0.39, 0.29) is 0 Å². The molecule has 0 unspecified atom stereocenters. The average Bonchev–Trinajstić information content (AvgIpc) is 2.83. The number of nitrogens with one attached hydrogen (secondary N) is 1. The van der Waals surface area contributed by atoms with E-state index in [0.717, 1.165) is 19.0 Å². The quantitative estimate of drug-likeness (QED) is 0.300. The van der Waals surface area contributed by atoms with Crippen LogP contribution in [0.2, 0.25) is 0 Å². The van der Waals surface area contributed by atoms with Crippen LogP contribution in [-0.4, -0.2) is 36.3 Å². The molecule has 0 radical (unpaired) electrons. The molecule has 0 aromatic heterocycles. The largest absolute Gasteiger partial charge is 0.369 e. The predicted octanol–water partition coefficient (Wildman–Crippen LogP) is 0.404. The van der Waals surface area contributed by atoms with Gasteiger partial charge >= 0.3 is 0 Å². The molecule has 0 heterocycles. The second kappa shape index (κ2) is 4.59. The molecule has 0 spiro atoms. The number of hydrogen-bond acceptors (Lipinski definition) is 4. The number of hydrogen-bond donors (Lipinski definition) is 1. The van der Waals surface area contributed by atoms with Gasteiger partial charge in [-0.1, -0.05) is 0 Å². The lowest BCUT2D eigenvalue weighted by atomic mass is 10.6. The van der Waals surface area contributed by atoms with E-state index in [1.54, 1.807) is 4.90 Å². The highest BCUT2D eigenvalue weighted by Gasteiger charge is 2.22. The molecule has 14 heavy (non-hydrogen) atoms. The molecule has 1 N–H and O–H groups in total. The average molecular weight is 198 g/mol. The van der Waals surface area contributed by atoms with E-state index >= 15 is 0 Å². The monoisotopic (exact) mass is 198 g/mol. The minimum atomic E-state index is -0.502. The Morgan fingerprint density at radius 1 is 1.64 bits per heavy atom. The van der Waals surface area contributed by atoms with Crippen LogP contribution in [0.15, 0.2) is 17.0 Å². The van der Waals surface area contributed by atoms with Gasteiger partial charge in [0.25, 0.3) is 6.20 Å². The molecule has 0 aliphatic heterocycles. The Morgan fingerprint density at radius 2 is 2.29 bits per heavy atom. The lowest BCUT2D eigenvalue weighted by Crippen LogP contribution is -2.17. The van der Waals surface area contributed by atoms with Crippen molar-refractivity contribution >= 4 is 6.34 Å². The molecule has 1 rings (SSSR count). The standard InChI is InChI=1S/C8H14N4O2/c1-11(2)6-9-8(5-12(13)14)10-7-3-4-7/h5-7,10H,3-4H2,1-2H3/b8-5+,9-6+. The maximum absolute atomic E-state index is 10.3. The van der Waals surface area contributed by atoms with Crippen molar-refractivity contribution in [1.29, 1.82) is 0 Å². The second-order valence-electron chi connectivity index (χ2n) is 3.43. The van der Waals surface area contributed by atoms with Crippen molar-refractivity contribution in [1.82, 2.24) is 10.2 Å². The van der Waals surface area contributed by atoms with Gasteiger partial charge in [0.05, 0.1) is 11.3 Å². The van der Waals surface area contributed by atoms with Crippen LogP contribution in [0.1, 0.15) is 12.8 Å². The van der Waals surface area contributed by atoms with E-state index in [0.29, 0.717) is 11.9 Å². The van der Waals surface area contributed by atoms with E-state index in [4.69, 9.17) is 0 Å². The van der Waals surface area contributed by atoms with E-state index in [1.165, 1.54) is 6.34 Å². The Labute approximate surface area is 82.5 Å². The fourth-order valence-electron chi connectivity index (χ4n) is 0.822. The fraction of sp³-hybridized carbons (Fsp3) is 0.625. The van der Waals surface area contributed by atoms with Crippen molar-refractivity contribution in [2.75, 3.05) is 14.1 Å². The van der Waals surface area contributed by atoms with E-state index < -0.39 is 4.92 Å². The second-order valence-corrected chi connectivity index (χ2v) is 3.43. The third-order valence-corrected chi connectivity index (χ3v) is 1.58. The SMILES string of the molecule is CN(C)/C=N/C(=C\[N+](=O)[O-])NC1CC1. The minimum absolute atomic E-state index is 0.311. The molecule has 1 aliphatic rings. The van der Waals surface area contributed by atoms with Gasteiger partial charge < -0.3 is 10.2 Å². The molecule has 1 saturated carbocycles. The molecule has 1 fully saturated rings. The summed E-state index contributed by atoms with van der Waals surface area (Å²) in [5.41, 5.74) is 0. The van der Waals surface area contributed by atoms with Crippen molar-refractivity contribution < 1.29 is 4.92 Å². The Bertz CT molecular complexity index is 269. The minimum Gasteiger partial charge on any atom is -0.369 e. The topological polar surface area (TPSA) is 70.8 Å². The highest BCUT2D eigenvalue weighted by atomic mass is 16.6. The zero-order chi connectivity index (χ0) is 10.6. The summed E-state index contributed by atoms with van der Waals surface area (Å²) >= 11 is 0. The summed E-state index contributed by atoms with van der Waals surface area (Å²) in [7, 11) is 3.62. The molecule has 6 nitrogen and oxygen atoms in total. The van der Waals surface area contributed by atoms with Gasteiger partial charge in [-0.05, 0) is 12.8 Å². The molecule has 1 aliphatic carbocycles. The molecule has 0 aromatic rings. The Balaban J connectivity index is 2.55. The Morgan fingerprint density at radius 3 is 2.71 bits per heavy atom. The molecule has 6 heteroatoms. The lowest BCUT2D eigenvalue weighted by Gasteiger charge is -2.04. The summed E-state index contributed by atoms with van der Waals surface area (Å²) < 4.78 is 0. The summed E-state index contributed by atoms with van der Waals surface area (Å²) in [5.74, 6) is 0.311. The molecule has 0 aromatic carbocycles. The van der Waals surface area contributed by atoms with Crippen molar-refractivity contribution in [3.63, 3.8) is 0 Å². The summed E-state index contributed by atoms with van der Waals surface area (Å²) in [5, 5.41) is 13.2. The normalized spacial score (nSPS) is 17.1. The van der Waals surface area contributed by atoms with Crippen LogP contribution in [0.5, 0.6) is 0 Å². The van der Waals surface area contributed by atoms with E-state index in [9.17, 15) is 10.1 Å². The molecule has 78 valence electrons. The Hall–Kier alpha value is -1.59. The predicted molar refractivity (Wildman–Crippen MR) is 53.4 cm³/mol. The van der Waals surface area contributed by atoms with Crippen LogP contribution in [-0.2, 0) is 0 Å². The molecule has 0 saturated heterocycles. The molecule has 0 bridgehead atoms. The fourth-order valence-corrected chi connectivity index (χ4v) is 0.822. The smallest absolute Gasteiger partial charge is 0.276 e. The van der Waals surface area contributed by atoms with E-state index in [2.05, 4.69) is 10.3 Å². The van der Waals surface area contributed by atoms with Gasteiger partial charge in [0, 0.05) is 20.1 Å². The zero-order valence-corrected chi connectivity index (χ0v) is 8.30. The maximum atomic E-state index is 10.3. The first kappa shape index (κ1) is 10.5. The molecule has 0 atom stereocenters. The summed E-state index contributed by atoms with van der Waals surface area (Å²) in [6.07, 6.45) is 4.54. The van der Waals surface area contributed by atoms with Gasteiger partial charge in [-0.2, -0.15) is 0 Å². The first-order chi connectivity index (χ1) is 6.58. The van der Waals surface area contributed by atoms with Crippen LogP contribution >= 0.6 is 0 Å². The van der Waals surface area contributed by atoms with Crippen molar-refractivity contribution in [2.45, 2.75) is 18.9 Å². The number of aliphatic imine (C=N–C) groups is 1. The number of nitro groups is 1. The summed E-state index contributed by atoms with van der Waals surface area (Å²) in [6, 6.07) is 0.362. The molecular formula is C8H14N4O2. The molecular weight excluding hydrogens is 184 g/mol. The third kappa shape index (κ3) is 4.44. The molecule has 0 amide bonds. The third-order valence-electron chi connectivity index (χ3n) is 1.58. The number of nitrogens with zero attached hydrogens (tertiary/aromatic N) is 3.